The van der Waals surface area contributed by atoms with Crippen molar-refractivity contribution in [3.63, 3.8) is 0 Å². The van der Waals surface area contributed by atoms with Crippen molar-refractivity contribution in [3.05, 3.63) is 0 Å². The van der Waals surface area contributed by atoms with Crippen molar-refractivity contribution in [2.45, 2.75) is 98.0 Å². The lowest BCUT2D eigenvalue weighted by molar-refractivity contribution is -0.159. The first-order chi connectivity index (χ1) is 14.2. The first kappa shape index (κ1) is 21.2. The highest BCUT2D eigenvalue weighted by Crippen LogP contribution is 2.67. The second-order valence-corrected chi connectivity index (χ2v) is 12.5. The molecule has 3 heteroatoms. The van der Waals surface area contributed by atoms with Crippen LogP contribution < -0.4 is 0 Å². The Labute approximate surface area is 183 Å². The van der Waals surface area contributed by atoms with Crippen molar-refractivity contribution >= 4 is 11.5 Å². The van der Waals surface area contributed by atoms with Crippen molar-refractivity contribution in [2.75, 3.05) is 6.54 Å². The molecular weight excluding hydrogens is 370 g/mol. The number of fused-ring (bicyclic) bond motifs is 5. The first-order valence-corrected chi connectivity index (χ1v) is 13.0. The molecule has 5 rings (SSSR count). The fourth-order valence-electron chi connectivity index (χ4n) is 9.32. The van der Waals surface area contributed by atoms with E-state index in [1.807, 2.05) is 0 Å². The molecule has 30 heavy (non-hydrogen) atoms. The molecule has 4 fully saturated rings. The maximum atomic E-state index is 13.3. The lowest BCUT2D eigenvalue weighted by Crippen LogP contribution is -2.57. The van der Waals surface area contributed by atoms with Crippen LogP contribution in [0.1, 0.15) is 91.9 Å². The molecule has 4 saturated carbocycles. The Balaban J connectivity index is 1.39. The van der Waals surface area contributed by atoms with Crippen LogP contribution in [0.5, 0.6) is 0 Å². The van der Waals surface area contributed by atoms with Gasteiger partial charge in [0.2, 0.25) is 0 Å². The van der Waals surface area contributed by atoms with E-state index in [1.54, 1.807) is 0 Å². The van der Waals surface area contributed by atoms with Crippen molar-refractivity contribution < 1.29 is 9.90 Å². The Hall–Kier alpha value is -0.700. The highest BCUT2D eigenvalue weighted by molar-refractivity contribution is 5.87. The van der Waals surface area contributed by atoms with Gasteiger partial charge in [-0.25, -0.2) is 0 Å². The molecule has 0 bridgehead atoms. The summed E-state index contributed by atoms with van der Waals surface area (Å²) in [5, 5.41) is 10.2. The molecule has 0 aromatic heterocycles. The normalized spacial score (nSPS) is 52.1. The van der Waals surface area contributed by atoms with Gasteiger partial charge in [-0.1, -0.05) is 27.7 Å². The summed E-state index contributed by atoms with van der Waals surface area (Å²) in [6.07, 6.45) is 11.0. The average molecular weight is 414 g/mol. The Kier molecular flexibility index (Phi) is 5.24. The minimum absolute atomic E-state index is 0.113. The van der Waals surface area contributed by atoms with Gasteiger partial charge in [0, 0.05) is 24.6 Å². The Morgan fingerprint density at radius 1 is 1.03 bits per heavy atom. The van der Waals surface area contributed by atoms with Crippen LogP contribution >= 0.6 is 0 Å². The number of ketones is 1. The Morgan fingerprint density at radius 2 is 1.77 bits per heavy atom. The largest absolute Gasteiger partial charge is 0.393 e. The molecular formula is C27H43NO2. The van der Waals surface area contributed by atoms with E-state index >= 15 is 0 Å². The summed E-state index contributed by atoms with van der Waals surface area (Å²) < 4.78 is 0. The number of hydrogen-bond acceptors (Lipinski definition) is 3. The van der Waals surface area contributed by atoms with E-state index in [0.29, 0.717) is 34.9 Å². The number of aliphatic imine (C=N–C) groups is 1. The zero-order valence-electron chi connectivity index (χ0n) is 19.7. The first-order valence-electron chi connectivity index (χ1n) is 13.0. The van der Waals surface area contributed by atoms with Crippen LogP contribution in [0.15, 0.2) is 4.99 Å². The zero-order chi connectivity index (χ0) is 21.3. The van der Waals surface area contributed by atoms with Crippen LogP contribution in [0.25, 0.3) is 0 Å². The number of Topliss-reactive ketones (excluding diaryl/α,β-unsaturated/α-hetero) is 1. The standard InChI is InChI=1S/C27H43NO2/c1-16-5-8-24(28-15-16)17(2)20-6-7-21-19-14-25(30)23-13-18(29)9-11-27(23,4)22(19)10-12-26(20,21)3/h16-23,29H,5-15H2,1-4H3/t16-,17+,18-,19+,20+,21+,22+,23-,26-,27-/m1/s1. The van der Waals surface area contributed by atoms with Gasteiger partial charge in [-0.3, -0.25) is 9.79 Å². The number of aliphatic hydroxyl groups is 1. The van der Waals surface area contributed by atoms with Crippen molar-refractivity contribution in [2.24, 2.45) is 57.2 Å². The third-order valence-electron chi connectivity index (χ3n) is 11.1. The third kappa shape index (κ3) is 3.08. The van der Waals surface area contributed by atoms with Crippen LogP contribution in [0.3, 0.4) is 0 Å². The summed E-state index contributed by atoms with van der Waals surface area (Å²) in [6.45, 7) is 10.8. The smallest absolute Gasteiger partial charge is 0.136 e. The van der Waals surface area contributed by atoms with Crippen molar-refractivity contribution in [1.29, 1.82) is 0 Å². The van der Waals surface area contributed by atoms with Gasteiger partial charge >= 0.3 is 0 Å². The van der Waals surface area contributed by atoms with E-state index in [-0.39, 0.29) is 17.4 Å². The fourth-order valence-corrected chi connectivity index (χ4v) is 9.32. The van der Waals surface area contributed by atoms with Gasteiger partial charge in [-0.05, 0) is 104 Å². The SMILES string of the molecule is C[C@@H]1CCC([C@@H](C)[C@@H]2CC[C@H]3[C@@H]4CC(=O)[C@H]5C[C@H](O)CC[C@]5(C)[C@H]4CC[C@@]32C)=NC1. The monoisotopic (exact) mass is 413 g/mol. The number of nitrogens with zero attached hydrogens (tertiary/aromatic N) is 1. The molecule has 168 valence electrons. The summed E-state index contributed by atoms with van der Waals surface area (Å²) in [4.78, 5) is 18.3. The van der Waals surface area contributed by atoms with Gasteiger partial charge in [0.05, 0.1) is 6.10 Å². The summed E-state index contributed by atoms with van der Waals surface area (Å²) >= 11 is 0. The van der Waals surface area contributed by atoms with Crippen LogP contribution in [-0.2, 0) is 4.79 Å². The van der Waals surface area contributed by atoms with Gasteiger partial charge in [-0.15, -0.1) is 0 Å². The zero-order valence-corrected chi connectivity index (χ0v) is 19.7. The molecule has 10 atom stereocenters. The molecule has 3 nitrogen and oxygen atoms in total. The van der Waals surface area contributed by atoms with Gasteiger partial charge < -0.3 is 5.11 Å². The van der Waals surface area contributed by atoms with E-state index < -0.39 is 0 Å². The molecule has 0 saturated heterocycles. The van der Waals surface area contributed by atoms with E-state index in [2.05, 4.69) is 27.7 Å². The molecule has 1 heterocycles. The average Bonchev–Trinajstić information content (AvgIpc) is 3.07. The van der Waals surface area contributed by atoms with E-state index in [1.165, 1.54) is 44.2 Å². The second kappa shape index (κ2) is 7.42. The van der Waals surface area contributed by atoms with Crippen LogP contribution in [-0.4, -0.2) is 29.3 Å². The maximum Gasteiger partial charge on any atom is 0.136 e. The van der Waals surface area contributed by atoms with Gasteiger partial charge in [0.1, 0.15) is 5.78 Å². The van der Waals surface area contributed by atoms with Gasteiger partial charge in [0.15, 0.2) is 0 Å². The number of hydrogen-bond donors (Lipinski definition) is 1. The lowest BCUT2D eigenvalue weighted by Gasteiger charge is -2.60. The minimum Gasteiger partial charge on any atom is -0.393 e. The minimum atomic E-state index is -0.256. The molecule has 1 aliphatic heterocycles. The molecule has 0 aromatic rings. The highest BCUT2D eigenvalue weighted by Gasteiger charge is 2.62. The van der Waals surface area contributed by atoms with Crippen molar-refractivity contribution in [3.8, 4) is 0 Å². The Morgan fingerprint density at radius 3 is 2.50 bits per heavy atom. The van der Waals surface area contributed by atoms with Crippen LogP contribution in [0.2, 0.25) is 0 Å². The fraction of sp³-hybridized carbons (Fsp3) is 0.926. The molecule has 1 N–H and O–H groups in total. The molecule has 4 aliphatic carbocycles. The predicted octanol–water partition coefficient (Wildman–Crippen LogP) is 5.69. The molecule has 0 aromatic carbocycles. The topological polar surface area (TPSA) is 49.7 Å². The third-order valence-corrected chi connectivity index (χ3v) is 11.1. The summed E-state index contributed by atoms with van der Waals surface area (Å²) in [5.74, 6) is 4.66. The van der Waals surface area contributed by atoms with E-state index in [9.17, 15) is 9.90 Å². The van der Waals surface area contributed by atoms with Gasteiger partial charge in [-0.2, -0.15) is 0 Å². The number of carbonyl (C=O) groups is 1. The highest BCUT2D eigenvalue weighted by atomic mass is 16.3. The van der Waals surface area contributed by atoms with Crippen LogP contribution in [0.4, 0.5) is 0 Å². The van der Waals surface area contributed by atoms with Gasteiger partial charge in [0.25, 0.3) is 0 Å². The Bertz CT molecular complexity index is 730. The number of carbonyl (C=O) groups excluding carboxylic acids is 1. The van der Waals surface area contributed by atoms with E-state index in [4.69, 9.17) is 4.99 Å². The quantitative estimate of drug-likeness (QED) is 0.632. The second-order valence-electron chi connectivity index (χ2n) is 12.5. The number of rotatable bonds is 2. The lowest BCUT2D eigenvalue weighted by atomic mass is 9.44. The van der Waals surface area contributed by atoms with Crippen LogP contribution in [0, 0.1) is 52.3 Å². The summed E-state index contributed by atoms with van der Waals surface area (Å²) in [7, 11) is 0. The maximum absolute atomic E-state index is 13.3. The molecule has 5 aliphatic rings. The molecule has 0 radical (unpaired) electrons. The molecule has 0 unspecified atom stereocenters. The predicted molar refractivity (Wildman–Crippen MR) is 121 cm³/mol. The molecule has 0 spiro atoms. The number of aliphatic hydroxyl groups excluding tert-OH is 1. The summed E-state index contributed by atoms with van der Waals surface area (Å²) in [5.41, 5.74) is 2.01. The van der Waals surface area contributed by atoms with Crippen molar-refractivity contribution in [1.82, 2.24) is 0 Å². The van der Waals surface area contributed by atoms with E-state index in [0.717, 1.165) is 44.1 Å². The molecule has 0 amide bonds. The summed E-state index contributed by atoms with van der Waals surface area (Å²) in [6, 6.07) is 0.